The molecule has 0 bridgehead atoms. The van der Waals surface area contributed by atoms with E-state index in [9.17, 15) is 8.42 Å². The first kappa shape index (κ1) is 12.8. The average molecular weight is 362 g/mol. The molecule has 0 aliphatic rings. The predicted octanol–water partition coefficient (Wildman–Crippen LogP) is 3.26. The topological polar surface area (TPSA) is 34.1 Å². The van der Waals surface area contributed by atoms with Gasteiger partial charge in [0.2, 0.25) is 0 Å². The Bertz CT molecular complexity index is 420. The second kappa shape index (κ2) is 4.71. The molecule has 1 heterocycles. The zero-order valence-corrected chi connectivity index (χ0v) is 12.7. The van der Waals surface area contributed by atoms with Crippen molar-refractivity contribution in [1.82, 2.24) is 0 Å². The van der Waals surface area contributed by atoms with Crippen LogP contribution in [-0.4, -0.2) is 19.9 Å². The van der Waals surface area contributed by atoms with E-state index in [2.05, 4.69) is 22.6 Å². The van der Waals surface area contributed by atoms with Crippen molar-refractivity contribution in [1.29, 1.82) is 0 Å². The Morgan fingerprint density at radius 2 is 2.07 bits per heavy atom. The van der Waals surface area contributed by atoms with Gasteiger partial charge in [-0.25, -0.2) is 8.42 Å². The predicted molar refractivity (Wildman–Crippen MR) is 71.1 cm³/mol. The fourth-order valence-corrected chi connectivity index (χ4v) is 6.10. The van der Waals surface area contributed by atoms with Crippen molar-refractivity contribution < 1.29 is 8.42 Å². The zero-order valence-electron chi connectivity index (χ0n) is 8.07. The van der Waals surface area contributed by atoms with Gasteiger partial charge in [-0.3, -0.25) is 0 Å². The summed E-state index contributed by atoms with van der Waals surface area (Å²) in [6, 6.07) is 1.76. The van der Waals surface area contributed by atoms with E-state index < -0.39 is 9.84 Å². The Morgan fingerprint density at radius 3 is 2.50 bits per heavy atom. The van der Waals surface area contributed by atoms with Gasteiger partial charge < -0.3 is 0 Å². The van der Waals surface area contributed by atoms with Crippen molar-refractivity contribution in [2.45, 2.75) is 28.2 Å². The summed E-state index contributed by atoms with van der Waals surface area (Å²) in [5.74, 6) is 0. The maximum absolute atomic E-state index is 11.9. The molecule has 14 heavy (non-hydrogen) atoms. The van der Waals surface area contributed by atoms with Crippen LogP contribution in [0.15, 0.2) is 15.2 Å². The molecule has 0 spiro atoms. The minimum Gasteiger partial charge on any atom is -0.223 e. The van der Waals surface area contributed by atoms with Crippen molar-refractivity contribution in [3.05, 3.63) is 8.95 Å². The summed E-state index contributed by atoms with van der Waals surface area (Å²) in [6.07, 6.45) is 1.90. The van der Waals surface area contributed by atoms with E-state index in [1.807, 2.05) is 6.26 Å². The van der Waals surface area contributed by atoms with Gasteiger partial charge >= 0.3 is 0 Å². The second-order valence-corrected chi connectivity index (χ2v) is 9.49. The van der Waals surface area contributed by atoms with Gasteiger partial charge in [-0.2, -0.15) is 0 Å². The molecule has 80 valence electrons. The first-order valence-electron chi connectivity index (χ1n) is 3.96. The summed E-state index contributed by atoms with van der Waals surface area (Å²) < 4.78 is 25.7. The third-order valence-corrected chi connectivity index (χ3v) is 7.21. The van der Waals surface area contributed by atoms with E-state index in [-0.39, 0.29) is 5.25 Å². The van der Waals surface area contributed by atoms with Crippen LogP contribution in [0.3, 0.4) is 0 Å². The van der Waals surface area contributed by atoms with Crippen LogP contribution in [0.4, 0.5) is 0 Å². The van der Waals surface area contributed by atoms with Crippen molar-refractivity contribution >= 4 is 55.5 Å². The van der Waals surface area contributed by atoms with Crippen LogP contribution < -0.4 is 0 Å². The molecule has 0 atom stereocenters. The highest BCUT2D eigenvalue weighted by Gasteiger charge is 2.24. The lowest BCUT2D eigenvalue weighted by atomic mass is 10.6. The Labute approximate surface area is 107 Å². The number of hydrogen-bond donors (Lipinski definition) is 0. The van der Waals surface area contributed by atoms with E-state index in [1.165, 1.54) is 23.1 Å². The van der Waals surface area contributed by atoms with Gasteiger partial charge in [0.25, 0.3) is 0 Å². The molecule has 0 aliphatic carbocycles. The van der Waals surface area contributed by atoms with Gasteiger partial charge in [-0.1, -0.05) is 0 Å². The molecule has 2 nitrogen and oxygen atoms in total. The summed E-state index contributed by atoms with van der Waals surface area (Å²) in [5.41, 5.74) is 0. The number of sulfone groups is 1. The van der Waals surface area contributed by atoms with Gasteiger partial charge in [0, 0.05) is 0 Å². The Kier molecular flexibility index (Phi) is 4.31. The van der Waals surface area contributed by atoms with E-state index in [4.69, 9.17) is 0 Å². The summed E-state index contributed by atoms with van der Waals surface area (Å²) >= 11 is 5.18. The third kappa shape index (κ3) is 2.45. The summed E-state index contributed by atoms with van der Waals surface area (Å²) in [6.45, 7) is 3.42. The standard InChI is InChI=1S/C8H11IO2S3/c1-5(2)14(10,11)6-4-7(9)13-8(6)12-3/h4-5H,1-3H3. The molecule has 0 saturated heterocycles. The highest BCUT2D eigenvalue weighted by molar-refractivity contribution is 14.1. The van der Waals surface area contributed by atoms with Crippen molar-refractivity contribution in [2.75, 3.05) is 6.26 Å². The molecule has 1 aromatic rings. The molecule has 0 amide bonds. The molecule has 0 N–H and O–H groups in total. The molecule has 1 rings (SSSR count). The summed E-state index contributed by atoms with van der Waals surface area (Å²) in [7, 11) is -3.11. The van der Waals surface area contributed by atoms with Gasteiger partial charge in [0.1, 0.15) is 0 Å². The number of halogens is 1. The van der Waals surface area contributed by atoms with Crippen molar-refractivity contribution in [2.24, 2.45) is 0 Å². The highest BCUT2D eigenvalue weighted by atomic mass is 127. The number of thioether (sulfide) groups is 1. The van der Waals surface area contributed by atoms with Crippen molar-refractivity contribution in [3.8, 4) is 0 Å². The van der Waals surface area contributed by atoms with Gasteiger partial charge in [0.15, 0.2) is 9.84 Å². The minimum absolute atomic E-state index is 0.348. The van der Waals surface area contributed by atoms with Gasteiger partial charge in [-0.05, 0) is 48.8 Å². The average Bonchev–Trinajstić information content (AvgIpc) is 2.46. The summed E-state index contributed by atoms with van der Waals surface area (Å²) in [5, 5.41) is -0.348. The molecule has 0 unspecified atom stereocenters. The number of thiophene rings is 1. The number of hydrogen-bond acceptors (Lipinski definition) is 4. The van der Waals surface area contributed by atoms with E-state index >= 15 is 0 Å². The zero-order chi connectivity index (χ0) is 10.9. The molecule has 0 fully saturated rings. The summed E-state index contributed by atoms with van der Waals surface area (Å²) in [4.78, 5) is 0.495. The maximum Gasteiger partial charge on any atom is 0.182 e. The van der Waals surface area contributed by atoms with E-state index in [1.54, 1.807) is 19.9 Å². The van der Waals surface area contributed by atoms with Crippen LogP contribution in [0.1, 0.15) is 13.8 Å². The van der Waals surface area contributed by atoms with Crippen LogP contribution in [0.2, 0.25) is 0 Å². The lowest BCUT2D eigenvalue weighted by molar-refractivity contribution is 0.586. The molecule has 0 aromatic carbocycles. The second-order valence-electron chi connectivity index (χ2n) is 3.00. The van der Waals surface area contributed by atoms with Crippen LogP contribution in [0, 0.1) is 2.88 Å². The normalized spacial score (nSPS) is 12.4. The van der Waals surface area contributed by atoms with Crippen molar-refractivity contribution in [3.63, 3.8) is 0 Å². The first-order valence-corrected chi connectivity index (χ1v) is 8.63. The molecule has 0 saturated carbocycles. The van der Waals surface area contributed by atoms with Crippen LogP contribution in [0.5, 0.6) is 0 Å². The third-order valence-electron chi connectivity index (χ3n) is 1.75. The SMILES string of the molecule is CSc1sc(I)cc1S(=O)(=O)C(C)C. The monoisotopic (exact) mass is 362 g/mol. The Morgan fingerprint density at radius 1 is 1.50 bits per heavy atom. The maximum atomic E-state index is 11.9. The lowest BCUT2D eigenvalue weighted by Crippen LogP contribution is -2.13. The van der Waals surface area contributed by atoms with Crippen LogP contribution in [0.25, 0.3) is 0 Å². The molecule has 1 aromatic heterocycles. The first-order chi connectivity index (χ1) is 6.39. The van der Waals surface area contributed by atoms with Gasteiger partial charge in [-0.15, -0.1) is 23.1 Å². The van der Waals surface area contributed by atoms with Gasteiger partial charge in [0.05, 0.1) is 17.2 Å². The van der Waals surface area contributed by atoms with E-state index in [0.29, 0.717) is 4.90 Å². The number of rotatable bonds is 3. The molecular weight excluding hydrogens is 351 g/mol. The highest BCUT2D eigenvalue weighted by Crippen LogP contribution is 2.36. The lowest BCUT2D eigenvalue weighted by Gasteiger charge is -2.06. The Hall–Kier alpha value is 0.730. The minimum atomic E-state index is -3.11. The fraction of sp³-hybridized carbons (Fsp3) is 0.500. The molecule has 6 heteroatoms. The smallest absolute Gasteiger partial charge is 0.182 e. The largest absolute Gasteiger partial charge is 0.223 e. The van der Waals surface area contributed by atoms with Crippen LogP contribution in [-0.2, 0) is 9.84 Å². The Balaban J connectivity index is 3.32. The molecule has 0 aliphatic heterocycles. The quantitative estimate of drug-likeness (QED) is 0.612. The molecule has 0 radical (unpaired) electrons. The molecular formula is C8H11IO2S3. The van der Waals surface area contributed by atoms with Crippen LogP contribution >= 0.6 is 45.7 Å². The van der Waals surface area contributed by atoms with E-state index in [0.717, 1.165) is 7.09 Å². The fourth-order valence-electron chi connectivity index (χ4n) is 0.925.